The fraction of sp³-hybridized carbons (Fsp3) is 0.250. The van der Waals surface area contributed by atoms with Crippen molar-refractivity contribution in [1.29, 1.82) is 0 Å². The summed E-state index contributed by atoms with van der Waals surface area (Å²) >= 11 is -1.46. The van der Waals surface area contributed by atoms with E-state index in [2.05, 4.69) is 53.3 Å². The topological polar surface area (TPSA) is 29.1 Å². The molecule has 1 aliphatic carbocycles. The summed E-state index contributed by atoms with van der Waals surface area (Å²) < 4.78 is 3.70. The third-order valence-corrected chi connectivity index (χ3v) is 14.8. The number of carbonyl (C=O) groups is 1. The van der Waals surface area contributed by atoms with Crippen LogP contribution in [0.4, 0.5) is 0 Å². The Hall–Kier alpha value is -0.0588. The van der Waals surface area contributed by atoms with Gasteiger partial charge >= 0.3 is 104 Å². The number of carbonyl (C=O) groups excluding carboxylic acids is 1. The molecular weight excluding hydrogens is 321 g/mol. The van der Waals surface area contributed by atoms with Crippen molar-refractivity contribution in [1.82, 2.24) is 3.80 Å². The standard InChI is InChI=1S/C9H7.C2H7Si.CH3NO.2ClH.Ti/c1-2-5-9-7-3-6-8(9)4-1;1-3-2;2-1-3;;;/h1-7H;3H,1-2H3;1H,(H2,2,3);2*1H;/q;;;;;+3/p-3. The summed E-state index contributed by atoms with van der Waals surface area (Å²) in [4.78, 5) is 10.7. The van der Waals surface area contributed by atoms with Gasteiger partial charge in [-0.25, -0.2) is 0 Å². The Kier molecular flexibility index (Phi) is 8.15. The van der Waals surface area contributed by atoms with Crippen LogP contribution in [0.2, 0.25) is 13.1 Å². The largest absolute Gasteiger partial charge is 1.00 e. The number of hydrogen-bond donors (Lipinski definition) is 1. The van der Waals surface area contributed by atoms with Crippen LogP contribution < -0.4 is 28.6 Å². The Bertz CT molecular complexity index is 428. The molecule has 1 N–H and O–H groups in total. The number of benzene rings is 1. The van der Waals surface area contributed by atoms with Gasteiger partial charge in [-0.1, -0.05) is 0 Å². The molecule has 0 radical (unpaired) electrons. The van der Waals surface area contributed by atoms with Crippen molar-refractivity contribution in [3.63, 3.8) is 0 Å². The normalized spacial score (nSPS) is 15.4. The molecule has 2 rings (SSSR count). The molecule has 0 bridgehead atoms. The summed E-state index contributed by atoms with van der Waals surface area (Å²) in [6, 6.07) is 8.53. The van der Waals surface area contributed by atoms with E-state index in [1.807, 2.05) is 0 Å². The van der Waals surface area contributed by atoms with Crippen molar-refractivity contribution >= 4 is 19.1 Å². The number of rotatable bonds is 4. The zero-order chi connectivity index (χ0) is 11.5. The molecule has 1 aliphatic rings. The Balaban J connectivity index is 0.00000144. The molecule has 97 valence electrons. The molecule has 0 saturated carbocycles. The van der Waals surface area contributed by atoms with Gasteiger partial charge in [-0.2, -0.15) is 0 Å². The minimum atomic E-state index is -1.46. The second kappa shape index (κ2) is 8.18. The molecular formula is C12H16Cl2NOSiTi. The molecule has 0 spiro atoms. The molecule has 18 heavy (non-hydrogen) atoms. The molecule has 6 heteroatoms. The quantitative estimate of drug-likeness (QED) is 0.441. The maximum absolute atomic E-state index is 10.7. The van der Waals surface area contributed by atoms with Crippen LogP contribution in [0.15, 0.2) is 30.3 Å². The van der Waals surface area contributed by atoms with Crippen LogP contribution in [-0.2, 0) is 22.2 Å². The van der Waals surface area contributed by atoms with Gasteiger partial charge in [-0.05, 0) is 0 Å². The molecule has 1 atom stereocenters. The summed E-state index contributed by atoms with van der Waals surface area (Å²) in [6.07, 6.45) is 5.41. The van der Waals surface area contributed by atoms with Gasteiger partial charge in [0.1, 0.15) is 0 Å². The molecule has 0 aliphatic heterocycles. The molecule has 0 aromatic heterocycles. The third-order valence-electron chi connectivity index (χ3n) is 2.98. The average molecular weight is 337 g/mol. The summed E-state index contributed by atoms with van der Waals surface area (Å²) in [5.74, 6) is 0. The summed E-state index contributed by atoms with van der Waals surface area (Å²) in [7, 11) is 0. The maximum atomic E-state index is 10.7. The Labute approximate surface area is 128 Å². The molecule has 1 unspecified atom stereocenters. The second-order valence-corrected chi connectivity index (χ2v) is 17.5. The van der Waals surface area contributed by atoms with E-state index in [9.17, 15) is 4.79 Å². The van der Waals surface area contributed by atoms with Gasteiger partial charge in [0.05, 0.1) is 0 Å². The van der Waals surface area contributed by atoms with E-state index < -0.39 is 24.0 Å². The summed E-state index contributed by atoms with van der Waals surface area (Å²) in [5, 5.41) is 0. The first kappa shape index (κ1) is 17.9. The van der Waals surface area contributed by atoms with E-state index in [-0.39, 0.29) is 24.8 Å². The van der Waals surface area contributed by atoms with Gasteiger partial charge in [0.15, 0.2) is 0 Å². The van der Waals surface area contributed by atoms with E-state index in [0.29, 0.717) is 4.22 Å². The van der Waals surface area contributed by atoms with Crippen LogP contribution in [0.5, 0.6) is 0 Å². The minimum absolute atomic E-state index is 0. The van der Waals surface area contributed by atoms with E-state index >= 15 is 0 Å². The second-order valence-electron chi connectivity index (χ2n) is 4.34. The van der Waals surface area contributed by atoms with Gasteiger partial charge in [-0.3, -0.25) is 0 Å². The van der Waals surface area contributed by atoms with Crippen molar-refractivity contribution in [3.05, 3.63) is 41.5 Å². The molecule has 0 saturated heterocycles. The average Bonchev–Trinajstić information content (AvgIpc) is 2.69. The summed E-state index contributed by atoms with van der Waals surface area (Å²) in [6.45, 7) is 3.95. The smallest absolute Gasteiger partial charge is 1.00 e. The first-order chi connectivity index (χ1) is 7.74. The first-order valence-corrected chi connectivity index (χ1v) is 12.9. The van der Waals surface area contributed by atoms with Crippen LogP contribution in [0.25, 0.3) is 6.08 Å². The van der Waals surface area contributed by atoms with Gasteiger partial charge < -0.3 is 24.8 Å². The van der Waals surface area contributed by atoms with Crippen molar-refractivity contribution in [3.8, 4) is 0 Å². The van der Waals surface area contributed by atoms with Crippen molar-refractivity contribution in [2.45, 2.75) is 17.3 Å². The van der Waals surface area contributed by atoms with Crippen LogP contribution in [-0.4, -0.2) is 13.1 Å². The van der Waals surface area contributed by atoms with Crippen LogP contribution in [0.3, 0.4) is 0 Å². The Morgan fingerprint density at radius 1 is 1.28 bits per heavy atom. The summed E-state index contributed by atoms with van der Waals surface area (Å²) in [5.41, 5.74) is 2.76. The van der Waals surface area contributed by atoms with E-state index in [0.717, 1.165) is 6.41 Å². The number of amides is 1. The van der Waals surface area contributed by atoms with Gasteiger partial charge in [-0.15, -0.1) is 0 Å². The van der Waals surface area contributed by atoms with Crippen molar-refractivity contribution in [2.75, 3.05) is 0 Å². The van der Waals surface area contributed by atoms with Crippen molar-refractivity contribution in [2.24, 2.45) is 0 Å². The van der Waals surface area contributed by atoms with Crippen LogP contribution >= 0.6 is 0 Å². The SMILES string of the molecule is C[SiH](C)[Ti+2]([NH]C=O)[CH]1C=Cc2ccccc21.[Cl-].[Cl-]. The molecule has 1 aromatic rings. The van der Waals surface area contributed by atoms with E-state index in [1.54, 1.807) is 0 Å². The van der Waals surface area contributed by atoms with E-state index in [4.69, 9.17) is 0 Å². The zero-order valence-corrected chi connectivity index (χ0v) is 14.6. The fourth-order valence-electron chi connectivity index (χ4n) is 2.20. The number of hydrogen-bond acceptors (Lipinski definition) is 1. The van der Waals surface area contributed by atoms with Gasteiger partial charge in [0.2, 0.25) is 0 Å². The first-order valence-electron chi connectivity index (χ1n) is 5.58. The number of nitrogens with one attached hydrogen (secondary N) is 1. The predicted octanol–water partition coefficient (Wildman–Crippen LogP) is -3.97. The van der Waals surface area contributed by atoms with E-state index in [1.165, 1.54) is 11.1 Å². The van der Waals surface area contributed by atoms with Gasteiger partial charge in [0.25, 0.3) is 0 Å². The van der Waals surface area contributed by atoms with Crippen LogP contribution in [0.1, 0.15) is 15.3 Å². The molecule has 0 heterocycles. The van der Waals surface area contributed by atoms with Crippen molar-refractivity contribution < 1.29 is 47.0 Å². The monoisotopic (exact) mass is 336 g/mol. The predicted molar refractivity (Wildman–Crippen MR) is 66.3 cm³/mol. The Morgan fingerprint density at radius 2 is 1.94 bits per heavy atom. The Morgan fingerprint density at radius 3 is 2.56 bits per heavy atom. The molecule has 0 fully saturated rings. The zero-order valence-electron chi connectivity index (χ0n) is 10.4. The van der Waals surface area contributed by atoms with Crippen LogP contribution in [0, 0.1) is 0 Å². The minimum Gasteiger partial charge on any atom is -1.00 e. The number of halogens is 2. The molecule has 1 aromatic carbocycles. The maximum Gasteiger partial charge on any atom is -1.00 e. The fourth-order valence-corrected chi connectivity index (χ4v) is 11.6. The molecule has 2 nitrogen and oxygen atoms in total. The third kappa shape index (κ3) is 3.72. The molecule has 1 amide bonds. The van der Waals surface area contributed by atoms with Gasteiger partial charge in [0, 0.05) is 0 Å². The number of fused-ring (bicyclic) bond motifs is 1. The number of allylic oxidation sites excluding steroid dienone is 1.